The zero-order chi connectivity index (χ0) is 13.4. The van der Waals surface area contributed by atoms with E-state index >= 15 is 0 Å². The molecule has 18 heavy (non-hydrogen) atoms. The van der Waals surface area contributed by atoms with Gasteiger partial charge in [-0.15, -0.1) is 0 Å². The van der Waals surface area contributed by atoms with Gasteiger partial charge in [-0.3, -0.25) is 4.79 Å². The summed E-state index contributed by atoms with van der Waals surface area (Å²) in [5.41, 5.74) is 0. The second-order valence-corrected chi connectivity index (χ2v) is 3.67. The maximum Gasteiger partial charge on any atom is 0.311 e. The van der Waals surface area contributed by atoms with Gasteiger partial charge < -0.3 is 19.3 Å². The van der Waals surface area contributed by atoms with Gasteiger partial charge in [0.1, 0.15) is 5.75 Å². The van der Waals surface area contributed by atoms with Gasteiger partial charge in [-0.2, -0.15) is 0 Å². The van der Waals surface area contributed by atoms with Crippen LogP contribution < -0.4 is 14.2 Å². The van der Waals surface area contributed by atoms with Crippen molar-refractivity contribution < 1.29 is 24.1 Å². The summed E-state index contributed by atoms with van der Waals surface area (Å²) >= 11 is 0. The van der Waals surface area contributed by atoms with Gasteiger partial charge in [-0.05, 0) is 25.0 Å². The lowest BCUT2D eigenvalue weighted by molar-refractivity contribution is -0.134. The van der Waals surface area contributed by atoms with Crippen LogP contribution in [0.25, 0.3) is 0 Å². The van der Waals surface area contributed by atoms with Crippen LogP contribution in [0.15, 0.2) is 18.2 Å². The third-order valence-corrected chi connectivity index (χ3v) is 2.38. The molecule has 0 radical (unpaired) electrons. The standard InChI is InChI=1S/C13H18O5/c1-16-10-6-7-11(12(9-10)17-2)18-13(15)5-3-4-8-14/h6-7,9,14H,3-5,8H2,1-2H3. The first-order valence-corrected chi connectivity index (χ1v) is 5.74. The van der Waals surface area contributed by atoms with E-state index in [0.29, 0.717) is 30.1 Å². The predicted octanol–water partition coefficient (Wildman–Crippen LogP) is 1.77. The van der Waals surface area contributed by atoms with Crippen LogP contribution in [0.1, 0.15) is 19.3 Å². The smallest absolute Gasteiger partial charge is 0.311 e. The summed E-state index contributed by atoms with van der Waals surface area (Å²) < 4.78 is 15.3. The molecule has 0 aliphatic carbocycles. The number of ether oxygens (including phenoxy) is 3. The molecule has 0 unspecified atom stereocenters. The Morgan fingerprint density at radius 3 is 2.56 bits per heavy atom. The lowest BCUT2D eigenvalue weighted by Gasteiger charge is -2.10. The molecule has 0 aliphatic rings. The molecular weight excluding hydrogens is 236 g/mol. The van der Waals surface area contributed by atoms with Crippen molar-refractivity contribution in [1.29, 1.82) is 0 Å². The highest BCUT2D eigenvalue weighted by molar-refractivity contribution is 5.73. The van der Waals surface area contributed by atoms with E-state index in [2.05, 4.69) is 0 Å². The van der Waals surface area contributed by atoms with Crippen molar-refractivity contribution in [2.45, 2.75) is 19.3 Å². The summed E-state index contributed by atoms with van der Waals surface area (Å²) in [7, 11) is 3.05. The minimum absolute atomic E-state index is 0.0825. The number of aliphatic hydroxyl groups is 1. The van der Waals surface area contributed by atoms with Crippen molar-refractivity contribution in [3.63, 3.8) is 0 Å². The summed E-state index contributed by atoms with van der Waals surface area (Å²) in [5, 5.41) is 8.62. The molecule has 1 N–H and O–H groups in total. The monoisotopic (exact) mass is 254 g/mol. The molecule has 0 atom stereocenters. The molecule has 5 nitrogen and oxygen atoms in total. The van der Waals surface area contributed by atoms with E-state index in [0.717, 1.165) is 0 Å². The summed E-state index contributed by atoms with van der Waals surface area (Å²) in [4.78, 5) is 11.5. The van der Waals surface area contributed by atoms with Crippen LogP contribution in [0.5, 0.6) is 17.2 Å². The molecule has 0 amide bonds. The third-order valence-electron chi connectivity index (χ3n) is 2.38. The maximum absolute atomic E-state index is 11.5. The topological polar surface area (TPSA) is 65.0 Å². The summed E-state index contributed by atoms with van der Waals surface area (Å²) in [6.07, 6.45) is 1.47. The first kappa shape index (κ1) is 14.3. The quantitative estimate of drug-likeness (QED) is 0.456. The molecule has 100 valence electrons. The number of unbranched alkanes of at least 4 members (excludes halogenated alkanes) is 1. The van der Waals surface area contributed by atoms with Crippen LogP contribution in [0.4, 0.5) is 0 Å². The van der Waals surface area contributed by atoms with Gasteiger partial charge >= 0.3 is 5.97 Å². The zero-order valence-corrected chi connectivity index (χ0v) is 10.6. The SMILES string of the molecule is COc1ccc(OC(=O)CCCCO)c(OC)c1. The normalized spacial score (nSPS) is 9.94. The van der Waals surface area contributed by atoms with Crippen molar-refractivity contribution in [3.05, 3.63) is 18.2 Å². The summed E-state index contributed by atoms with van der Waals surface area (Å²) in [5.74, 6) is 1.11. The van der Waals surface area contributed by atoms with Crippen molar-refractivity contribution in [2.75, 3.05) is 20.8 Å². The lowest BCUT2D eigenvalue weighted by atomic mass is 10.2. The Morgan fingerprint density at radius 2 is 1.94 bits per heavy atom. The fraction of sp³-hybridized carbons (Fsp3) is 0.462. The van der Waals surface area contributed by atoms with E-state index in [4.69, 9.17) is 19.3 Å². The van der Waals surface area contributed by atoms with E-state index in [-0.39, 0.29) is 19.0 Å². The number of methoxy groups -OCH3 is 2. The highest BCUT2D eigenvalue weighted by Crippen LogP contribution is 2.31. The largest absolute Gasteiger partial charge is 0.497 e. The van der Waals surface area contributed by atoms with Crippen LogP contribution in [0.2, 0.25) is 0 Å². The first-order valence-electron chi connectivity index (χ1n) is 5.74. The van der Waals surface area contributed by atoms with Gasteiger partial charge in [0.25, 0.3) is 0 Å². The highest BCUT2D eigenvalue weighted by Gasteiger charge is 2.10. The van der Waals surface area contributed by atoms with Gasteiger partial charge in [0.05, 0.1) is 14.2 Å². The predicted molar refractivity (Wildman–Crippen MR) is 66.1 cm³/mol. The minimum atomic E-state index is -0.341. The molecule has 0 fully saturated rings. The second kappa shape index (κ2) is 7.55. The van der Waals surface area contributed by atoms with Gasteiger partial charge in [-0.1, -0.05) is 0 Å². The molecule has 5 heteroatoms. The average Bonchev–Trinajstić information content (AvgIpc) is 2.39. The molecule has 0 bridgehead atoms. The maximum atomic E-state index is 11.5. The molecule has 0 aliphatic heterocycles. The number of rotatable bonds is 7. The fourth-order valence-electron chi connectivity index (χ4n) is 1.41. The van der Waals surface area contributed by atoms with Crippen molar-refractivity contribution >= 4 is 5.97 Å². The lowest BCUT2D eigenvalue weighted by Crippen LogP contribution is -2.08. The molecule has 0 saturated heterocycles. The number of hydrogen-bond donors (Lipinski definition) is 1. The van der Waals surface area contributed by atoms with Gasteiger partial charge in [0.15, 0.2) is 11.5 Å². The molecule has 0 saturated carbocycles. The van der Waals surface area contributed by atoms with Crippen molar-refractivity contribution in [3.8, 4) is 17.2 Å². The summed E-state index contributed by atoms with van der Waals surface area (Å²) in [6, 6.07) is 4.97. The van der Waals surface area contributed by atoms with Gasteiger partial charge in [0, 0.05) is 19.1 Å². The summed E-state index contributed by atoms with van der Waals surface area (Å²) in [6.45, 7) is 0.0825. The Morgan fingerprint density at radius 1 is 1.17 bits per heavy atom. The molecule has 0 heterocycles. The number of hydrogen-bond acceptors (Lipinski definition) is 5. The number of carbonyl (C=O) groups is 1. The third kappa shape index (κ3) is 4.25. The van der Waals surface area contributed by atoms with Gasteiger partial charge in [0.2, 0.25) is 0 Å². The van der Waals surface area contributed by atoms with Crippen molar-refractivity contribution in [1.82, 2.24) is 0 Å². The highest BCUT2D eigenvalue weighted by atomic mass is 16.6. The number of aliphatic hydroxyl groups excluding tert-OH is 1. The Kier molecular flexibility index (Phi) is 6.00. The minimum Gasteiger partial charge on any atom is -0.497 e. The van der Waals surface area contributed by atoms with Crippen LogP contribution in [0, 0.1) is 0 Å². The van der Waals surface area contributed by atoms with Gasteiger partial charge in [-0.25, -0.2) is 0 Å². The van der Waals surface area contributed by atoms with E-state index in [1.165, 1.54) is 7.11 Å². The van der Waals surface area contributed by atoms with Crippen molar-refractivity contribution in [2.24, 2.45) is 0 Å². The Labute approximate surface area is 106 Å². The Hall–Kier alpha value is -1.75. The zero-order valence-electron chi connectivity index (χ0n) is 10.6. The molecule has 1 rings (SSSR count). The average molecular weight is 254 g/mol. The number of esters is 1. The van der Waals surface area contributed by atoms with Crippen LogP contribution in [-0.4, -0.2) is 31.9 Å². The number of carbonyl (C=O) groups excluding carboxylic acids is 1. The van der Waals surface area contributed by atoms with E-state index in [9.17, 15) is 4.79 Å². The molecular formula is C13H18O5. The van der Waals surface area contributed by atoms with E-state index in [1.54, 1.807) is 25.3 Å². The fourth-order valence-corrected chi connectivity index (χ4v) is 1.41. The molecule has 0 spiro atoms. The Bertz CT molecular complexity index is 389. The van der Waals surface area contributed by atoms with Crippen LogP contribution in [0.3, 0.4) is 0 Å². The second-order valence-electron chi connectivity index (χ2n) is 3.67. The van der Waals surface area contributed by atoms with Crippen LogP contribution in [-0.2, 0) is 4.79 Å². The van der Waals surface area contributed by atoms with E-state index < -0.39 is 0 Å². The van der Waals surface area contributed by atoms with Crippen LogP contribution >= 0.6 is 0 Å². The van der Waals surface area contributed by atoms with E-state index in [1.807, 2.05) is 0 Å². The number of benzene rings is 1. The first-order chi connectivity index (χ1) is 8.71. The Balaban J connectivity index is 2.63. The molecule has 0 aromatic heterocycles. The molecule has 1 aromatic rings. The molecule has 1 aromatic carbocycles.